The fourth-order valence-corrected chi connectivity index (χ4v) is 2.46. The molecule has 5 nitrogen and oxygen atoms in total. The first-order valence-corrected chi connectivity index (χ1v) is 6.90. The number of thioether (sulfide) groups is 1. The zero-order valence-electron chi connectivity index (χ0n) is 8.43. The molecule has 0 spiro atoms. The summed E-state index contributed by atoms with van der Waals surface area (Å²) in [6, 6.07) is 0. The summed E-state index contributed by atoms with van der Waals surface area (Å²) >= 11 is 1.51. The average molecular weight is 241 g/mol. The van der Waals surface area contributed by atoms with E-state index in [1.807, 2.05) is 6.26 Å². The van der Waals surface area contributed by atoms with Crippen molar-refractivity contribution < 1.29 is 18.3 Å². The number of nitrogens with zero attached hydrogens (tertiary/aromatic N) is 1. The average Bonchev–Trinajstić information content (AvgIpc) is 2.12. The van der Waals surface area contributed by atoms with Gasteiger partial charge in [0.15, 0.2) is 5.25 Å². The maximum atomic E-state index is 11.5. The third-order valence-electron chi connectivity index (χ3n) is 1.84. The molecule has 1 N–H and O–H groups in total. The number of rotatable bonds is 6. The van der Waals surface area contributed by atoms with Crippen molar-refractivity contribution in [2.24, 2.45) is 0 Å². The quantitative estimate of drug-likeness (QED) is 0.713. The van der Waals surface area contributed by atoms with E-state index in [4.69, 9.17) is 5.11 Å². The standard InChI is InChI=1S/C7H15NO4S2/c1-6(7(9)10)14(11,12)8(2)4-5-13-3/h6H,4-5H2,1-3H3,(H,9,10). The molecule has 0 saturated heterocycles. The fraction of sp³-hybridized carbons (Fsp3) is 0.857. The second-order valence-electron chi connectivity index (χ2n) is 2.84. The van der Waals surface area contributed by atoms with Crippen LogP contribution in [0, 0.1) is 0 Å². The Kier molecular flexibility index (Phi) is 5.46. The van der Waals surface area contributed by atoms with Crippen LogP contribution in [0.25, 0.3) is 0 Å². The van der Waals surface area contributed by atoms with Gasteiger partial charge in [0, 0.05) is 19.3 Å². The Morgan fingerprint density at radius 1 is 1.57 bits per heavy atom. The summed E-state index contributed by atoms with van der Waals surface area (Å²) in [5.74, 6) is -0.664. The molecule has 0 heterocycles. The summed E-state index contributed by atoms with van der Waals surface area (Å²) < 4.78 is 24.1. The second-order valence-corrected chi connectivity index (χ2v) is 6.19. The molecule has 14 heavy (non-hydrogen) atoms. The van der Waals surface area contributed by atoms with Crippen LogP contribution in [0.2, 0.25) is 0 Å². The summed E-state index contributed by atoms with van der Waals surface area (Å²) in [5, 5.41) is 7.20. The molecule has 0 saturated carbocycles. The molecular formula is C7H15NO4S2. The lowest BCUT2D eigenvalue weighted by Crippen LogP contribution is -2.39. The molecule has 0 aromatic rings. The molecule has 0 rings (SSSR count). The van der Waals surface area contributed by atoms with Crippen LogP contribution in [0.15, 0.2) is 0 Å². The van der Waals surface area contributed by atoms with E-state index >= 15 is 0 Å². The predicted molar refractivity (Wildman–Crippen MR) is 57.0 cm³/mol. The zero-order chi connectivity index (χ0) is 11.4. The minimum Gasteiger partial charge on any atom is -0.480 e. The van der Waals surface area contributed by atoms with Crippen molar-refractivity contribution in [1.82, 2.24) is 4.31 Å². The van der Waals surface area contributed by atoms with Crippen molar-refractivity contribution in [3.8, 4) is 0 Å². The van der Waals surface area contributed by atoms with Crippen LogP contribution in [0.3, 0.4) is 0 Å². The van der Waals surface area contributed by atoms with Gasteiger partial charge in [-0.25, -0.2) is 12.7 Å². The summed E-state index contributed by atoms with van der Waals surface area (Å²) in [6.07, 6.45) is 1.86. The molecule has 0 radical (unpaired) electrons. The first-order valence-electron chi connectivity index (χ1n) is 4.01. The summed E-state index contributed by atoms with van der Waals surface area (Å²) in [6.45, 7) is 1.51. The highest BCUT2D eigenvalue weighted by molar-refractivity contribution is 7.98. The molecule has 0 bridgehead atoms. The second kappa shape index (κ2) is 5.57. The molecule has 0 aliphatic heterocycles. The molecule has 0 aromatic heterocycles. The molecular weight excluding hydrogens is 226 g/mol. The lowest BCUT2D eigenvalue weighted by molar-refractivity contribution is -0.136. The monoisotopic (exact) mass is 241 g/mol. The summed E-state index contributed by atoms with van der Waals surface area (Å²) in [7, 11) is -2.30. The molecule has 0 amide bonds. The molecule has 1 unspecified atom stereocenters. The van der Waals surface area contributed by atoms with Gasteiger partial charge in [-0.2, -0.15) is 11.8 Å². The van der Waals surface area contributed by atoms with E-state index in [-0.39, 0.29) is 0 Å². The van der Waals surface area contributed by atoms with Crippen LogP contribution in [0.4, 0.5) is 0 Å². The van der Waals surface area contributed by atoms with Crippen LogP contribution in [0.5, 0.6) is 0 Å². The number of hydrogen-bond acceptors (Lipinski definition) is 4. The SMILES string of the molecule is CSCCN(C)S(=O)(=O)C(C)C(=O)O. The minimum atomic E-state index is -3.69. The molecule has 0 fully saturated rings. The van der Waals surface area contributed by atoms with E-state index in [0.29, 0.717) is 12.3 Å². The van der Waals surface area contributed by atoms with Gasteiger partial charge >= 0.3 is 5.97 Å². The molecule has 1 atom stereocenters. The number of carboxylic acids is 1. The van der Waals surface area contributed by atoms with Gasteiger partial charge in [0.1, 0.15) is 0 Å². The smallest absolute Gasteiger partial charge is 0.323 e. The van der Waals surface area contributed by atoms with Crippen LogP contribution in [0.1, 0.15) is 6.92 Å². The van der Waals surface area contributed by atoms with Crippen molar-refractivity contribution in [3.63, 3.8) is 0 Å². The maximum absolute atomic E-state index is 11.5. The Morgan fingerprint density at radius 2 is 2.07 bits per heavy atom. The Morgan fingerprint density at radius 3 is 2.43 bits per heavy atom. The van der Waals surface area contributed by atoms with Crippen molar-refractivity contribution in [1.29, 1.82) is 0 Å². The van der Waals surface area contributed by atoms with Crippen LogP contribution in [-0.2, 0) is 14.8 Å². The van der Waals surface area contributed by atoms with Gasteiger partial charge in [-0.15, -0.1) is 0 Å². The van der Waals surface area contributed by atoms with Crippen molar-refractivity contribution >= 4 is 27.8 Å². The van der Waals surface area contributed by atoms with E-state index in [1.54, 1.807) is 0 Å². The fourth-order valence-electron chi connectivity index (χ4n) is 0.744. The Balaban J connectivity index is 4.53. The van der Waals surface area contributed by atoms with Crippen molar-refractivity contribution in [3.05, 3.63) is 0 Å². The highest BCUT2D eigenvalue weighted by Crippen LogP contribution is 2.07. The van der Waals surface area contributed by atoms with Crippen molar-refractivity contribution in [2.45, 2.75) is 12.2 Å². The number of carboxylic acid groups (broad SMARTS) is 1. The Hall–Kier alpha value is -0.270. The third-order valence-corrected chi connectivity index (χ3v) is 4.58. The van der Waals surface area contributed by atoms with Gasteiger partial charge in [0.05, 0.1) is 0 Å². The molecule has 84 valence electrons. The van der Waals surface area contributed by atoms with E-state index in [0.717, 1.165) is 4.31 Å². The summed E-state index contributed by atoms with van der Waals surface area (Å²) in [4.78, 5) is 10.5. The normalized spacial score (nSPS) is 14.3. The van der Waals surface area contributed by atoms with Gasteiger partial charge < -0.3 is 5.11 Å². The van der Waals surface area contributed by atoms with Crippen LogP contribution >= 0.6 is 11.8 Å². The van der Waals surface area contributed by atoms with E-state index in [9.17, 15) is 13.2 Å². The number of carbonyl (C=O) groups is 1. The lowest BCUT2D eigenvalue weighted by atomic mass is 10.5. The highest BCUT2D eigenvalue weighted by Gasteiger charge is 2.31. The molecule has 7 heteroatoms. The molecule has 0 aromatic carbocycles. The van der Waals surface area contributed by atoms with E-state index < -0.39 is 21.2 Å². The number of hydrogen-bond donors (Lipinski definition) is 1. The predicted octanol–water partition coefficient (Wildman–Crippen LogP) is 0.0841. The lowest BCUT2D eigenvalue weighted by Gasteiger charge is -2.18. The molecule has 0 aliphatic rings. The Bertz CT molecular complexity index is 288. The number of sulfonamides is 1. The first kappa shape index (κ1) is 13.7. The van der Waals surface area contributed by atoms with Gasteiger partial charge in [-0.3, -0.25) is 4.79 Å². The largest absolute Gasteiger partial charge is 0.480 e. The molecule has 0 aliphatic carbocycles. The van der Waals surface area contributed by atoms with E-state index in [2.05, 4.69) is 0 Å². The van der Waals surface area contributed by atoms with Crippen molar-refractivity contribution in [2.75, 3.05) is 25.6 Å². The summed E-state index contributed by atoms with van der Waals surface area (Å²) in [5.41, 5.74) is 0. The maximum Gasteiger partial charge on any atom is 0.323 e. The van der Waals surface area contributed by atoms with E-state index in [1.165, 1.54) is 25.7 Å². The van der Waals surface area contributed by atoms with Gasteiger partial charge in [-0.05, 0) is 13.2 Å². The zero-order valence-corrected chi connectivity index (χ0v) is 10.1. The Labute approximate surface area is 88.5 Å². The third kappa shape index (κ3) is 3.47. The first-order chi connectivity index (χ1) is 6.34. The minimum absolute atomic E-state index is 0.334. The van der Waals surface area contributed by atoms with Gasteiger partial charge in [-0.1, -0.05) is 0 Å². The highest BCUT2D eigenvalue weighted by atomic mass is 32.2. The van der Waals surface area contributed by atoms with Gasteiger partial charge in [0.2, 0.25) is 10.0 Å². The van der Waals surface area contributed by atoms with Crippen LogP contribution < -0.4 is 0 Å². The van der Waals surface area contributed by atoms with Gasteiger partial charge in [0.25, 0.3) is 0 Å². The van der Waals surface area contributed by atoms with Crippen LogP contribution in [-0.4, -0.2) is 54.6 Å². The number of aliphatic carboxylic acids is 1. The topological polar surface area (TPSA) is 74.7 Å².